The lowest BCUT2D eigenvalue weighted by Gasteiger charge is -2.26. The van der Waals surface area contributed by atoms with Crippen molar-refractivity contribution in [1.29, 1.82) is 0 Å². The van der Waals surface area contributed by atoms with Gasteiger partial charge in [0.1, 0.15) is 23.5 Å². The van der Waals surface area contributed by atoms with Crippen LogP contribution in [0.25, 0.3) is 10.6 Å². The van der Waals surface area contributed by atoms with Crippen molar-refractivity contribution in [3.05, 3.63) is 65.4 Å². The highest BCUT2D eigenvalue weighted by atomic mass is 32.1. The fourth-order valence-corrected chi connectivity index (χ4v) is 3.58. The molecule has 1 aliphatic rings. The van der Waals surface area contributed by atoms with Gasteiger partial charge < -0.3 is 14.8 Å². The van der Waals surface area contributed by atoms with E-state index in [1.54, 1.807) is 12.1 Å². The molecule has 0 spiro atoms. The molecule has 1 atom stereocenters. The van der Waals surface area contributed by atoms with E-state index in [2.05, 4.69) is 10.3 Å². The zero-order valence-corrected chi connectivity index (χ0v) is 15.2. The van der Waals surface area contributed by atoms with E-state index in [0.717, 1.165) is 0 Å². The molecule has 0 bridgehead atoms. The number of ether oxygens (including phenoxy) is 2. The largest absolute Gasteiger partial charge is 0.486 e. The van der Waals surface area contributed by atoms with Crippen molar-refractivity contribution in [2.24, 2.45) is 0 Å². The number of amides is 1. The van der Waals surface area contributed by atoms with Gasteiger partial charge in [0, 0.05) is 10.9 Å². The molecule has 0 saturated carbocycles. The first kappa shape index (κ1) is 17.5. The lowest BCUT2D eigenvalue weighted by atomic mass is 10.2. The van der Waals surface area contributed by atoms with E-state index in [4.69, 9.17) is 9.47 Å². The zero-order chi connectivity index (χ0) is 18.6. The summed E-state index contributed by atoms with van der Waals surface area (Å²) in [6.45, 7) is 0.742. The van der Waals surface area contributed by atoms with Gasteiger partial charge in [0.2, 0.25) is 5.91 Å². The Morgan fingerprint density at radius 3 is 2.93 bits per heavy atom. The van der Waals surface area contributed by atoms with Gasteiger partial charge in [-0.1, -0.05) is 24.3 Å². The molecule has 1 N–H and O–H groups in total. The predicted molar refractivity (Wildman–Crippen MR) is 101 cm³/mol. The third kappa shape index (κ3) is 4.25. The van der Waals surface area contributed by atoms with Crippen LogP contribution in [0.2, 0.25) is 0 Å². The number of benzene rings is 2. The van der Waals surface area contributed by atoms with Crippen LogP contribution in [0.15, 0.2) is 53.9 Å². The predicted octanol–water partition coefficient (Wildman–Crippen LogP) is 3.45. The molecule has 0 radical (unpaired) electrons. The summed E-state index contributed by atoms with van der Waals surface area (Å²) in [6.07, 6.45) is -0.0715. The van der Waals surface area contributed by atoms with Crippen LogP contribution < -0.4 is 14.8 Å². The van der Waals surface area contributed by atoms with Gasteiger partial charge in [0.05, 0.1) is 18.7 Å². The summed E-state index contributed by atoms with van der Waals surface area (Å²) in [5.41, 5.74) is 1.36. The molecule has 1 aromatic heterocycles. The van der Waals surface area contributed by atoms with E-state index >= 15 is 0 Å². The Hall–Kier alpha value is -2.93. The molecular formula is C20H17FN2O3S. The highest BCUT2D eigenvalue weighted by Gasteiger charge is 2.21. The minimum absolute atomic E-state index is 0.145. The number of thiazole rings is 1. The van der Waals surface area contributed by atoms with Crippen molar-refractivity contribution >= 4 is 17.2 Å². The first-order valence-electron chi connectivity index (χ1n) is 8.53. The van der Waals surface area contributed by atoms with Gasteiger partial charge >= 0.3 is 0 Å². The average molecular weight is 384 g/mol. The van der Waals surface area contributed by atoms with Gasteiger partial charge in [-0.2, -0.15) is 0 Å². The second kappa shape index (κ2) is 7.75. The molecule has 138 valence electrons. The minimum Gasteiger partial charge on any atom is -0.486 e. The second-order valence-electron chi connectivity index (χ2n) is 6.13. The van der Waals surface area contributed by atoms with Crippen LogP contribution in [0.3, 0.4) is 0 Å². The van der Waals surface area contributed by atoms with Crippen LogP contribution in [0.5, 0.6) is 11.5 Å². The first-order chi connectivity index (χ1) is 13.2. The smallest absolute Gasteiger partial charge is 0.226 e. The topological polar surface area (TPSA) is 60.5 Å². The van der Waals surface area contributed by atoms with Crippen molar-refractivity contribution in [2.45, 2.75) is 12.5 Å². The van der Waals surface area contributed by atoms with Crippen molar-refractivity contribution in [3.63, 3.8) is 0 Å². The summed E-state index contributed by atoms with van der Waals surface area (Å²) < 4.78 is 24.8. The summed E-state index contributed by atoms with van der Waals surface area (Å²) in [7, 11) is 0. The molecular weight excluding hydrogens is 367 g/mol. The number of nitrogens with zero attached hydrogens (tertiary/aromatic N) is 1. The third-order valence-electron chi connectivity index (χ3n) is 4.06. The number of nitrogens with one attached hydrogen (secondary N) is 1. The summed E-state index contributed by atoms with van der Waals surface area (Å²) in [6, 6.07) is 13.7. The lowest BCUT2D eigenvalue weighted by Crippen LogP contribution is -2.41. The number of para-hydroxylation sites is 2. The molecule has 27 heavy (non-hydrogen) atoms. The summed E-state index contributed by atoms with van der Waals surface area (Å²) in [5.74, 6) is 0.946. The number of rotatable bonds is 5. The van der Waals surface area contributed by atoms with Crippen molar-refractivity contribution < 1.29 is 18.7 Å². The first-order valence-corrected chi connectivity index (χ1v) is 9.41. The maximum atomic E-state index is 13.3. The summed E-state index contributed by atoms with van der Waals surface area (Å²) in [5, 5.41) is 5.36. The van der Waals surface area contributed by atoms with E-state index in [-0.39, 0.29) is 24.2 Å². The molecule has 4 rings (SSSR count). The van der Waals surface area contributed by atoms with Gasteiger partial charge in [-0.3, -0.25) is 4.79 Å². The van der Waals surface area contributed by atoms with E-state index in [1.165, 1.54) is 23.5 Å². The number of hydrogen-bond acceptors (Lipinski definition) is 5. The average Bonchev–Trinajstić information content (AvgIpc) is 3.15. The highest BCUT2D eigenvalue weighted by Crippen LogP contribution is 2.30. The van der Waals surface area contributed by atoms with Crippen LogP contribution in [0, 0.1) is 5.82 Å². The molecule has 1 aliphatic heterocycles. The molecule has 2 aromatic carbocycles. The molecule has 0 fully saturated rings. The number of fused-ring (bicyclic) bond motifs is 1. The maximum Gasteiger partial charge on any atom is 0.226 e. The van der Waals surface area contributed by atoms with Crippen molar-refractivity contribution in [2.75, 3.05) is 13.2 Å². The van der Waals surface area contributed by atoms with Crippen LogP contribution in [0.1, 0.15) is 5.69 Å². The molecule has 0 saturated heterocycles. The van der Waals surface area contributed by atoms with Crippen molar-refractivity contribution in [3.8, 4) is 22.1 Å². The van der Waals surface area contributed by atoms with Gasteiger partial charge in [-0.15, -0.1) is 11.3 Å². The molecule has 0 unspecified atom stereocenters. The second-order valence-corrected chi connectivity index (χ2v) is 6.99. The number of halogens is 1. The highest BCUT2D eigenvalue weighted by molar-refractivity contribution is 7.13. The summed E-state index contributed by atoms with van der Waals surface area (Å²) in [4.78, 5) is 16.6. The Kier molecular flexibility index (Phi) is 5.02. The van der Waals surface area contributed by atoms with Gasteiger partial charge in [0.15, 0.2) is 11.5 Å². The van der Waals surface area contributed by atoms with Crippen LogP contribution in [0.4, 0.5) is 4.39 Å². The van der Waals surface area contributed by atoms with Gasteiger partial charge in [0.25, 0.3) is 0 Å². The standard InChI is InChI=1S/C20H17FN2O3S/c21-14-5-3-4-13(8-14)20-23-15(12-27-20)9-19(24)22-10-16-11-25-17-6-1-2-7-18(17)26-16/h1-8,12,16H,9-11H2,(H,22,24)/t16-/m0/s1. The Balaban J connectivity index is 1.30. The SMILES string of the molecule is O=C(Cc1csc(-c2cccc(F)c2)n1)NC[C@H]1COc2ccccc2O1. The molecule has 1 amide bonds. The fourth-order valence-electron chi connectivity index (χ4n) is 2.76. The zero-order valence-electron chi connectivity index (χ0n) is 14.4. The van der Waals surface area contributed by atoms with Crippen LogP contribution in [-0.4, -0.2) is 30.1 Å². The third-order valence-corrected chi connectivity index (χ3v) is 5.00. The minimum atomic E-state index is -0.307. The normalized spacial score (nSPS) is 15.4. The lowest BCUT2D eigenvalue weighted by molar-refractivity contribution is -0.121. The maximum absolute atomic E-state index is 13.3. The molecule has 3 aromatic rings. The Labute approximate surface area is 159 Å². The number of hydrogen-bond donors (Lipinski definition) is 1. The fraction of sp³-hybridized carbons (Fsp3) is 0.200. The molecule has 2 heterocycles. The van der Waals surface area contributed by atoms with Gasteiger partial charge in [-0.25, -0.2) is 9.37 Å². The van der Waals surface area contributed by atoms with Crippen LogP contribution in [-0.2, 0) is 11.2 Å². The number of carbonyl (C=O) groups excluding carboxylic acids is 1. The summed E-state index contributed by atoms with van der Waals surface area (Å²) >= 11 is 1.39. The monoisotopic (exact) mass is 384 g/mol. The van der Waals surface area contributed by atoms with Crippen molar-refractivity contribution in [1.82, 2.24) is 10.3 Å². The van der Waals surface area contributed by atoms with Crippen LogP contribution >= 0.6 is 11.3 Å². The molecule has 0 aliphatic carbocycles. The number of carbonyl (C=O) groups is 1. The van der Waals surface area contributed by atoms with E-state index in [0.29, 0.717) is 40.9 Å². The van der Waals surface area contributed by atoms with E-state index < -0.39 is 0 Å². The van der Waals surface area contributed by atoms with E-state index in [1.807, 2.05) is 29.6 Å². The van der Waals surface area contributed by atoms with E-state index in [9.17, 15) is 9.18 Å². The Morgan fingerprint density at radius 2 is 2.07 bits per heavy atom. The quantitative estimate of drug-likeness (QED) is 0.732. The Morgan fingerprint density at radius 1 is 1.22 bits per heavy atom. The van der Waals surface area contributed by atoms with Gasteiger partial charge in [-0.05, 0) is 24.3 Å². The molecule has 7 heteroatoms. The Bertz CT molecular complexity index is 960. The molecule has 5 nitrogen and oxygen atoms in total. The number of aromatic nitrogens is 1.